The minimum Gasteiger partial charge on any atom is -0.308 e. The minimum absolute atomic E-state index is 0.985. The Morgan fingerprint density at radius 3 is 3.10 bits per heavy atom. The van der Waals surface area contributed by atoms with Gasteiger partial charge in [0.05, 0.1) is 0 Å². The zero-order valence-electron chi connectivity index (χ0n) is 5.39. The average molecular weight is 246 g/mol. The number of aromatic nitrogens is 1. The molecule has 1 aromatic rings. The number of rotatable bonds is 0. The molecule has 2 nitrogen and oxygen atoms in total. The molecule has 0 bridgehead atoms. The summed E-state index contributed by atoms with van der Waals surface area (Å²) in [5, 5.41) is 3.28. The van der Waals surface area contributed by atoms with Crippen molar-refractivity contribution < 1.29 is 0 Å². The molecular formula is C7H7IN2. The van der Waals surface area contributed by atoms with Crippen molar-refractivity contribution in [3.05, 3.63) is 27.1 Å². The molecule has 0 amide bonds. The van der Waals surface area contributed by atoms with E-state index in [1.165, 1.54) is 14.7 Å². The molecule has 0 unspecified atom stereocenters. The summed E-state index contributed by atoms with van der Waals surface area (Å²) in [7, 11) is 0. The van der Waals surface area contributed by atoms with Gasteiger partial charge in [-0.1, -0.05) is 0 Å². The Balaban J connectivity index is 2.59. The fourth-order valence-electron chi connectivity index (χ4n) is 1.17. The van der Waals surface area contributed by atoms with Crippen molar-refractivity contribution in [1.29, 1.82) is 0 Å². The third-order valence-electron chi connectivity index (χ3n) is 1.71. The van der Waals surface area contributed by atoms with Gasteiger partial charge in [-0.05, 0) is 33.7 Å². The van der Waals surface area contributed by atoms with Gasteiger partial charge in [-0.2, -0.15) is 0 Å². The van der Waals surface area contributed by atoms with Crippen molar-refractivity contribution in [3.8, 4) is 0 Å². The van der Waals surface area contributed by atoms with E-state index in [2.05, 4.69) is 32.9 Å². The average Bonchev–Trinajstić information content (AvgIpc) is 2.36. The normalized spacial score (nSPS) is 15.3. The van der Waals surface area contributed by atoms with Crippen LogP contribution in [0.2, 0.25) is 0 Å². The van der Waals surface area contributed by atoms with Gasteiger partial charge < -0.3 is 5.32 Å². The van der Waals surface area contributed by atoms with E-state index in [4.69, 9.17) is 0 Å². The molecule has 52 valence electrons. The van der Waals surface area contributed by atoms with Gasteiger partial charge in [-0.25, -0.2) is 0 Å². The molecule has 10 heavy (non-hydrogen) atoms. The third kappa shape index (κ3) is 0.932. The highest BCUT2D eigenvalue weighted by atomic mass is 127. The Morgan fingerprint density at radius 2 is 2.30 bits per heavy atom. The number of pyridine rings is 1. The maximum absolute atomic E-state index is 4.11. The predicted octanol–water partition coefficient (Wildman–Crippen LogP) is 1.29. The van der Waals surface area contributed by atoms with Crippen LogP contribution in [0, 0.1) is 3.57 Å². The lowest BCUT2D eigenvalue weighted by atomic mass is 10.2. The van der Waals surface area contributed by atoms with Crippen molar-refractivity contribution in [2.45, 2.75) is 13.1 Å². The van der Waals surface area contributed by atoms with E-state index in [-0.39, 0.29) is 0 Å². The largest absolute Gasteiger partial charge is 0.308 e. The van der Waals surface area contributed by atoms with Gasteiger partial charge in [0.2, 0.25) is 0 Å². The first-order chi connectivity index (χ1) is 4.88. The van der Waals surface area contributed by atoms with E-state index < -0.39 is 0 Å². The first-order valence-corrected chi connectivity index (χ1v) is 4.28. The molecule has 1 N–H and O–H groups in total. The summed E-state index contributed by atoms with van der Waals surface area (Å²) in [6, 6.07) is 0. The quantitative estimate of drug-likeness (QED) is 0.697. The molecule has 0 aromatic carbocycles. The van der Waals surface area contributed by atoms with Gasteiger partial charge >= 0.3 is 0 Å². The SMILES string of the molecule is Ic1cncc2c1CNC2. The molecule has 0 spiro atoms. The standard InChI is InChI=1S/C7H7IN2/c8-7-4-10-2-5-1-9-3-6(5)7/h2,4,9H,1,3H2. The number of fused-ring (bicyclic) bond motifs is 1. The number of nitrogens with zero attached hydrogens (tertiary/aromatic N) is 1. The van der Waals surface area contributed by atoms with E-state index in [1.54, 1.807) is 0 Å². The van der Waals surface area contributed by atoms with Crippen LogP contribution in [0.25, 0.3) is 0 Å². The second-order valence-electron chi connectivity index (χ2n) is 2.36. The monoisotopic (exact) mass is 246 g/mol. The Hall–Kier alpha value is -0.160. The Kier molecular flexibility index (Phi) is 1.61. The smallest absolute Gasteiger partial charge is 0.0405 e. The van der Waals surface area contributed by atoms with Crippen LogP contribution in [-0.4, -0.2) is 4.98 Å². The molecule has 0 fully saturated rings. The van der Waals surface area contributed by atoms with Crippen molar-refractivity contribution in [3.63, 3.8) is 0 Å². The van der Waals surface area contributed by atoms with E-state index >= 15 is 0 Å². The highest BCUT2D eigenvalue weighted by molar-refractivity contribution is 14.1. The minimum atomic E-state index is 0.985. The summed E-state index contributed by atoms with van der Waals surface area (Å²) < 4.78 is 1.28. The van der Waals surface area contributed by atoms with Crippen LogP contribution in [0.4, 0.5) is 0 Å². The molecule has 0 aliphatic carbocycles. The van der Waals surface area contributed by atoms with Crippen LogP contribution < -0.4 is 5.32 Å². The lowest BCUT2D eigenvalue weighted by Gasteiger charge is -1.97. The lowest BCUT2D eigenvalue weighted by molar-refractivity contribution is 0.763. The van der Waals surface area contributed by atoms with Crippen molar-refractivity contribution >= 4 is 22.6 Å². The van der Waals surface area contributed by atoms with E-state index in [0.717, 1.165) is 13.1 Å². The summed E-state index contributed by atoms with van der Waals surface area (Å²) in [6.45, 7) is 2.00. The van der Waals surface area contributed by atoms with Gasteiger partial charge in [0, 0.05) is 29.1 Å². The fourth-order valence-corrected chi connectivity index (χ4v) is 1.87. The second kappa shape index (κ2) is 2.47. The summed E-state index contributed by atoms with van der Waals surface area (Å²) in [5.74, 6) is 0. The number of hydrogen-bond acceptors (Lipinski definition) is 2. The van der Waals surface area contributed by atoms with Crippen LogP contribution in [0.15, 0.2) is 12.4 Å². The molecule has 0 saturated carbocycles. The maximum atomic E-state index is 4.11. The van der Waals surface area contributed by atoms with Crippen LogP contribution in [0.3, 0.4) is 0 Å². The first-order valence-electron chi connectivity index (χ1n) is 3.20. The first kappa shape index (κ1) is 6.54. The van der Waals surface area contributed by atoms with Crippen LogP contribution >= 0.6 is 22.6 Å². The summed E-state index contributed by atoms with van der Waals surface area (Å²) in [6.07, 6.45) is 3.85. The van der Waals surface area contributed by atoms with Crippen molar-refractivity contribution in [1.82, 2.24) is 10.3 Å². The van der Waals surface area contributed by atoms with Gasteiger partial charge in [0.25, 0.3) is 0 Å². The number of hydrogen-bond donors (Lipinski definition) is 1. The Morgan fingerprint density at radius 1 is 1.40 bits per heavy atom. The van der Waals surface area contributed by atoms with Gasteiger partial charge in [0.15, 0.2) is 0 Å². The molecule has 1 aromatic heterocycles. The van der Waals surface area contributed by atoms with Gasteiger partial charge in [-0.15, -0.1) is 0 Å². The lowest BCUT2D eigenvalue weighted by Crippen LogP contribution is -2.00. The molecule has 1 aliphatic heterocycles. The highest BCUT2D eigenvalue weighted by Gasteiger charge is 2.11. The topological polar surface area (TPSA) is 24.9 Å². The molecule has 3 heteroatoms. The van der Waals surface area contributed by atoms with E-state index in [0.29, 0.717) is 0 Å². The molecule has 0 saturated heterocycles. The molecule has 0 atom stereocenters. The summed E-state index contributed by atoms with van der Waals surface area (Å²) in [5.41, 5.74) is 2.78. The molecule has 1 aliphatic rings. The molecular weight excluding hydrogens is 239 g/mol. The van der Waals surface area contributed by atoms with Crippen LogP contribution in [0.1, 0.15) is 11.1 Å². The van der Waals surface area contributed by atoms with Crippen LogP contribution in [-0.2, 0) is 13.1 Å². The zero-order valence-corrected chi connectivity index (χ0v) is 7.55. The van der Waals surface area contributed by atoms with Crippen molar-refractivity contribution in [2.24, 2.45) is 0 Å². The van der Waals surface area contributed by atoms with Gasteiger partial charge in [-0.3, -0.25) is 4.98 Å². The predicted molar refractivity (Wildman–Crippen MR) is 47.5 cm³/mol. The maximum Gasteiger partial charge on any atom is 0.0405 e. The Labute approximate surface area is 73.2 Å². The van der Waals surface area contributed by atoms with Crippen molar-refractivity contribution in [2.75, 3.05) is 0 Å². The second-order valence-corrected chi connectivity index (χ2v) is 3.52. The van der Waals surface area contributed by atoms with Gasteiger partial charge in [0.1, 0.15) is 0 Å². The van der Waals surface area contributed by atoms with E-state index in [9.17, 15) is 0 Å². The molecule has 2 rings (SSSR count). The summed E-state index contributed by atoms with van der Waals surface area (Å²) in [4.78, 5) is 4.11. The van der Waals surface area contributed by atoms with Crippen LogP contribution in [0.5, 0.6) is 0 Å². The number of nitrogens with one attached hydrogen (secondary N) is 1. The number of halogens is 1. The highest BCUT2D eigenvalue weighted by Crippen LogP contribution is 2.19. The van der Waals surface area contributed by atoms with E-state index in [1.807, 2.05) is 12.4 Å². The summed E-state index contributed by atoms with van der Waals surface area (Å²) >= 11 is 2.32. The molecule has 2 heterocycles. The molecule has 0 radical (unpaired) electrons. The zero-order chi connectivity index (χ0) is 6.97. The fraction of sp³-hybridized carbons (Fsp3) is 0.286. The third-order valence-corrected chi connectivity index (χ3v) is 2.64. The Bertz CT molecular complexity index is 260.